The van der Waals surface area contributed by atoms with Gasteiger partial charge in [-0.1, -0.05) is 32.0 Å². The Kier molecular flexibility index (Phi) is 4.59. The molecule has 0 spiro atoms. The zero-order chi connectivity index (χ0) is 20.7. The first-order valence-corrected chi connectivity index (χ1v) is 9.62. The predicted molar refractivity (Wildman–Crippen MR) is 112 cm³/mol. The van der Waals surface area contributed by atoms with Crippen molar-refractivity contribution >= 4 is 22.9 Å². The molecule has 0 bridgehead atoms. The number of anilines is 2. The molecule has 0 unspecified atom stereocenters. The summed E-state index contributed by atoms with van der Waals surface area (Å²) < 4.78 is 0. The zero-order valence-corrected chi connectivity index (χ0v) is 16.2. The standard InChI is InChI=1S/C24H21NO4/c1-3-13-6-5-7-14(4-2)22(13)25-15-8-9-16-17(12-15)24(29)21-19(27)11-10-18(26)20(21)23(16)28/h5-12,25-27H,3-4H2,1-2H3. The quantitative estimate of drug-likeness (QED) is 0.440. The SMILES string of the molecule is CCc1cccc(CC)c1Nc1ccc2c(c1)C(=O)c1c(O)ccc(O)c1C2=O. The van der Waals surface area contributed by atoms with Crippen LogP contribution in [-0.2, 0) is 12.8 Å². The van der Waals surface area contributed by atoms with Gasteiger partial charge < -0.3 is 15.5 Å². The number of fused-ring (bicyclic) bond motifs is 2. The van der Waals surface area contributed by atoms with Crippen LogP contribution >= 0.6 is 0 Å². The lowest BCUT2D eigenvalue weighted by Crippen LogP contribution is -2.21. The lowest BCUT2D eigenvalue weighted by atomic mass is 9.83. The van der Waals surface area contributed by atoms with Gasteiger partial charge in [-0.15, -0.1) is 0 Å². The summed E-state index contributed by atoms with van der Waals surface area (Å²) in [6.07, 6.45) is 1.72. The highest BCUT2D eigenvalue weighted by Gasteiger charge is 2.34. The topological polar surface area (TPSA) is 86.6 Å². The van der Waals surface area contributed by atoms with E-state index in [2.05, 4.69) is 31.3 Å². The van der Waals surface area contributed by atoms with E-state index in [1.807, 2.05) is 6.07 Å². The van der Waals surface area contributed by atoms with Crippen molar-refractivity contribution in [3.8, 4) is 11.5 Å². The van der Waals surface area contributed by atoms with E-state index in [9.17, 15) is 19.8 Å². The van der Waals surface area contributed by atoms with Crippen LogP contribution in [0.4, 0.5) is 11.4 Å². The summed E-state index contributed by atoms with van der Waals surface area (Å²) in [4.78, 5) is 25.9. The first-order chi connectivity index (χ1) is 14.0. The van der Waals surface area contributed by atoms with Crippen molar-refractivity contribution in [1.82, 2.24) is 0 Å². The number of hydrogen-bond acceptors (Lipinski definition) is 5. The number of phenolic OH excluding ortho intramolecular Hbond substituents is 2. The number of rotatable bonds is 4. The molecule has 146 valence electrons. The van der Waals surface area contributed by atoms with Crippen LogP contribution in [0.3, 0.4) is 0 Å². The van der Waals surface area contributed by atoms with E-state index in [1.54, 1.807) is 18.2 Å². The molecule has 29 heavy (non-hydrogen) atoms. The highest BCUT2D eigenvalue weighted by Crippen LogP contribution is 2.38. The largest absolute Gasteiger partial charge is 0.507 e. The number of carbonyl (C=O) groups is 2. The van der Waals surface area contributed by atoms with Gasteiger partial charge >= 0.3 is 0 Å². The molecule has 0 amide bonds. The summed E-state index contributed by atoms with van der Waals surface area (Å²) in [6, 6.07) is 13.6. The molecule has 3 N–H and O–H groups in total. The van der Waals surface area contributed by atoms with Crippen molar-refractivity contribution in [2.45, 2.75) is 26.7 Å². The van der Waals surface area contributed by atoms with Gasteiger partial charge in [-0.3, -0.25) is 9.59 Å². The average molecular weight is 387 g/mol. The molecule has 5 heteroatoms. The average Bonchev–Trinajstić information content (AvgIpc) is 2.73. The fourth-order valence-corrected chi connectivity index (χ4v) is 3.87. The van der Waals surface area contributed by atoms with E-state index in [-0.39, 0.29) is 33.8 Å². The maximum Gasteiger partial charge on any atom is 0.198 e. The van der Waals surface area contributed by atoms with Crippen LogP contribution in [0.25, 0.3) is 0 Å². The number of ketones is 2. The van der Waals surface area contributed by atoms with Gasteiger partial charge in [0.25, 0.3) is 0 Å². The molecule has 0 saturated carbocycles. The fourth-order valence-electron chi connectivity index (χ4n) is 3.87. The summed E-state index contributed by atoms with van der Waals surface area (Å²) in [6.45, 7) is 4.17. The Morgan fingerprint density at radius 3 is 1.86 bits per heavy atom. The fraction of sp³-hybridized carbons (Fsp3) is 0.167. The minimum Gasteiger partial charge on any atom is -0.507 e. The third-order valence-corrected chi connectivity index (χ3v) is 5.39. The van der Waals surface area contributed by atoms with E-state index < -0.39 is 11.6 Å². The van der Waals surface area contributed by atoms with Crippen molar-refractivity contribution in [2.75, 3.05) is 5.32 Å². The van der Waals surface area contributed by atoms with E-state index in [0.717, 1.165) is 29.7 Å². The Morgan fingerprint density at radius 1 is 0.759 bits per heavy atom. The Morgan fingerprint density at radius 2 is 1.31 bits per heavy atom. The summed E-state index contributed by atoms with van der Waals surface area (Å²) >= 11 is 0. The number of aryl methyl sites for hydroxylation is 2. The highest BCUT2D eigenvalue weighted by atomic mass is 16.3. The Bertz CT molecular complexity index is 1140. The number of para-hydroxylation sites is 1. The molecule has 3 aromatic rings. The van der Waals surface area contributed by atoms with Crippen LogP contribution in [0, 0.1) is 0 Å². The van der Waals surface area contributed by atoms with Gasteiger partial charge in [0.1, 0.15) is 11.5 Å². The van der Waals surface area contributed by atoms with E-state index >= 15 is 0 Å². The van der Waals surface area contributed by atoms with E-state index in [0.29, 0.717) is 5.69 Å². The molecular formula is C24H21NO4. The second-order valence-electron chi connectivity index (χ2n) is 7.06. The van der Waals surface area contributed by atoms with Crippen molar-refractivity contribution in [3.63, 3.8) is 0 Å². The summed E-state index contributed by atoms with van der Waals surface area (Å²) in [5, 5.41) is 23.6. The van der Waals surface area contributed by atoms with Gasteiger partial charge in [-0.2, -0.15) is 0 Å². The third kappa shape index (κ3) is 2.95. The number of hydrogen-bond donors (Lipinski definition) is 3. The normalized spacial score (nSPS) is 12.5. The van der Waals surface area contributed by atoms with Gasteiger partial charge in [-0.25, -0.2) is 0 Å². The van der Waals surface area contributed by atoms with Crippen molar-refractivity contribution in [3.05, 3.63) is 81.9 Å². The predicted octanol–water partition coefficient (Wildman–Crippen LogP) is 4.74. The Balaban J connectivity index is 1.81. The lowest BCUT2D eigenvalue weighted by Gasteiger charge is -2.21. The Hall–Kier alpha value is -3.60. The highest BCUT2D eigenvalue weighted by molar-refractivity contribution is 6.30. The maximum atomic E-state index is 13.0. The molecule has 0 aromatic heterocycles. The first kappa shape index (κ1) is 18.7. The van der Waals surface area contributed by atoms with Crippen molar-refractivity contribution in [2.24, 2.45) is 0 Å². The lowest BCUT2D eigenvalue weighted by molar-refractivity contribution is 0.0974. The number of carbonyl (C=O) groups excluding carboxylic acids is 2. The summed E-state index contributed by atoms with van der Waals surface area (Å²) in [5.41, 5.74) is 4.15. The van der Waals surface area contributed by atoms with Gasteiger partial charge in [-0.05, 0) is 54.3 Å². The number of phenols is 2. The number of aromatic hydroxyl groups is 2. The minimum absolute atomic E-state index is 0.146. The first-order valence-electron chi connectivity index (χ1n) is 9.62. The van der Waals surface area contributed by atoms with E-state index in [1.165, 1.54) is 12.1 Å². The molecule has 0 fully saturated rings. The molecule has 0 saturated heterocycles. The smallest absolute Gasteiger partial charge is 0.198 e. The van der Waals surface area contributed by atoms with Crippen LogP contribution in [-0.4, -0.2) is 21.8 Å². The summed E-state index contributed by atoms with van der Waals surface area (Å²) in [5.74, 6) is -1.58. The maximum absolute atomic E-state index is 13.0. The minimum atomic E-state index is -0.480. The summed E-state index contributed by atoms with van der Waals surface area (Å²) in [7, 11) is 0. The number of benzene rings is 3. The van der Waals surface area contributed by atoms with Crippen LogP contribution < -0.4 is 5.32 Å². The molecule has 5 nitrogen and oxygen atoms in total. The molecule has 0 atom stereocenters. The Labute approximate surface area is 168 Å². The van der Waals surface area contributed by atoms with Crippen molar-refractivity contribution < 1.29 is 19.8 Å². The molecule has 4 rings (SSSR count). The van der Waals surface area contributed by atoms with E-state index in [4.69, 9.17) is 0 Å². The number of nitrogens with one attached hydrogen (secondary N) is 1. The van der Waals surface area contributed by atoms with Crippen LogP contribution in [0.2, 0.25) is 0 Å². The molecule has 1 aliphatic carbocycles. The monoisotopic (exact) mass is 387 g/mol. The van der Waals surface area contributed by atoms with Gasteiger partial charge in [0.2, 0.25) is 0 Å². The van der Waals surface area contributed by atoms with Crippen LogP contribution in [0.5, 0.6) is 11.5 Å². The molecule has 0 heterocycles. The van der Waals surface area contributed by atoms with Crippen LogP contribution in [0.1, 0.15) is 56.8 Å². The molecule has 0 radical (unpaired) electrons. The third-order valence-electron chi connectivity index (χ3n) is 5.39. The van der Waals surface area contributed by atoms with Gasteiger partial charge in [0.05, 0.1) is 11.1 Å². The second kappa shape index (κ2) is 7.09. The van der Waals surface area contributed by atoms with Crippen LogP contribution in [0.15, 0.2) is 48.5 Å². The van der Waals surface area contributed by atoms with Crippen molar-refractivity contribution in [1.29, 1.82) is 0 Å². The van der Waals surface area contributed by atoms with Gasteiger partial charge in [0, 0.05) is 22.5 Å². The molecule has 3 aromatic carbocycles. The van der Waals surface area contributed by atoms with Gasteiger partial charge in [0.15, 0.2) is 11.6 Å². The second-order valence-corrected chi connectivity index (χ2v) is 7.06. The zero-order valence-electron chi connectivity index (χ0n) is 16.2. The molecular weight excluding hydrogens is 366 g/mol. The molecule has 0 aliphatic heterocycles. The molecule has 1 aliphatic rings.